The predicted molar refractivity (Wildman–Crippen MR) is 96.8 cm³/mol. The summed E-state index contributed by atoms with van der Waals surface area (Å²) in [7, 11) is 0. The average molecular weight is 353 g/mol. The highest BCUT2D eigenvalue weighted by Gasteiger charge is 2.25. The fourth-order valence-corrected chi connectivity index (χ4v) is 2.00. The van der Waals surface area contributed by atoms with Gasteiger partial charge in [0, 0.05) is 6.42 Å². The van der Waals surface area contributed by atoms with Crippen LogP contribution < -0.4 is 5.32 Å². The summed E-state index contributed by atoms with van der Waals surface area (Å²) in [5.41, 5.74) is -0.597. The van der Waals surface area contributed by atoms with Gasteiger partial charge in [-0.1, -0.05) is 12.2 Å². The molecule has 1 N–H and O–H groups in total. The third kappa shape index (κ3) is 12.0. The van der Waals surface area contributed by atoms with Crippen LogP contribution in [0.2, 0.25) is 0 Å². The van der Waals surface area contributed by atoms with Gasteiger partial charge in [-0.15, -0.1) is 13.2 Å². The number of allylic oxidation sites excluding steroid dienone is 2. The molecule has 0 spiro atoms. The van der Waals surface area contributed by atoms with Crippen LogP contribution in [0.1, 0.15) is 53.4 Å². The van der Waals surface area contributed by atoms with Gasteiger partial charge in [0.25, 0.3) is 0 Å². The Labute approximate surface area is 150 Å². The van der Waals surface area contributed by atoms with Crippen LogP contribution in [-0.2, 0) is 23.9 Å². The maximum absolute atomic E-state index is 12.3. The monoisotopic (exact) mass is 353 g/mol. The van der Waals surface area contributed by atoms with Crippen molar-refractivity contribution < 1.29 is 23.9 Å². The molecule has 0 saturated carbocycles. The number of hydrogen-bond acceptors (Lipinski definition) is 5. The predicted octanol–water partition coefficient (Wildman–Crippen LogP) is 2.92. The standard InChI is InChI=1S/C19H31NO5/c1-7-9-11-16(21)24-14(3)13-20-18(23)15(10-8-2)12-17(22)25-19(4,5)6/h7-8,14-15H,1-2,9-13H2,3-6H3,(H,20,23)/t14-,15?/m1/s1. The topological polar surface area (TPSA) is 81.7 Å². The van der Waals surface area contributed by atoms with Crippen LogP contribution in [0.15, 0.2) is 25.3 Å². The number of carbonyl (C=O) groups excluding carboxylic acids is 3. The maximum atomic E-state index is 12.3. The fraction of sp³-hybridized carbons (Fsp3) is 0.632. The molecule has 0 aromatic carbocycles. The molecule has 0 aromatic heterocycles. The molecule has 0 fully saturated rings. The van der Waals surface area contributed by atoms with Crippen molar-refractivity contribution in [3.05, 3.63) is 25.3 Å². The number of amides is 1. The lowest BCUT2D eigenvalue weighted by atomic mass is 10.00. The Bertz CT molecular complexity index is 479. The normalized spacial score (nSPS) is 13.3. The van der Waals surface area contributed by atoms with E-state index in [0.29, 0.717) is 12.8 Å². The minimum Gasteiger partial charge on any atom is -0.461 e. The highest BCUT2D eigenvalue weighted by atomic mass is 16.6. The lowest BCUT2D eigenvalue weighted by Crippen LogP contribution is -2.38. The molecule has 25 heavy (non-hydrogen) atoms. The molecule has 1 amide bonds. The van der Waals surface area contributed by atoms with E-state index in [1.54, 1.807) is 39.8 Å². The van der Waals surface area contributed by atoms with E-state index in [0.717, 1.165) is 0 Å². The van der Waals surface area contributed by atoms with Gasteiger partial charge in [0.05, 0.1) is 18.9 Å². The molecule has 0 bridgehead atoms. The van der Waals surface area contributed by atoms with E-state index in [-0.39, 0.29) is 31.3 Å². The fourth-order valence-electron chi connectivity index (χ4n) is 2.00. The van der Waals surface area contributed by atoms with Crippen LogP contribution in [0, 0.1) is 5.92 Å². The summed E-state index contributed by atoms with van der Waals surface area (Å²) in [5, 5.41) is 2.71. The van der Waals surface area contributed by atoms with E-state index in [1.165, 1.54) is 0 Å². The zero-order valence-corrected chi connectivity index (χ0v) is 15.8. The molecule has 0 aliphatic rings. The van der Waals surface area contributed by atoms with Gasteiger partial charge < -0.3 is 14.8 Å². The third-order valence-electron chi connectivity index (χ3n) is 3.10. The summed E-state index contributed by atoms with van der Waals surface area (Å²) in [5.74, 6) is -1.62. The van der Waals surface area contributed by atoms with Crippen molar-refractivity contribution >= 4 is 17.8 Å². The molecular weight excluding hydrogens is 322 g/mol. The Morgan fingerprint density at radius 3 is 2.28 bits per heavy atom. The van der Waals surface area contributed by atoms with Gasteiger partial charge in [-0.25, -0.2) is 0 Å². The number of esters is 2. The summed E-state index contributed by atoms with van der Waals surface area (Å²) in [6.45, 7) is 14.4. The Morgan fingerprint density at radius 1 is 1.12 bits per heavy atom. The first-order chi connectivity index (χ1) is 11.6. The molecule has 6 nitrogen and oxygen atoms in total. The zero-order valence-electron chi connectivity index (χ0n) is 15.8. The van der Waals surface area contributed by atoms with E-state index in [2.05, 4.69) is 18.5 Å². The van der Waals surface area contributed by atoms with Crippen molar-refractivity contribution in [3.8, 4) is 0 Å². The number of rotatable bonds is 11. The second-order valence-corrected chi connectivity index (χ2v) is 6.88. The van der Waals surface area contributed by atoms with Crippen molar-refractivity contribution in [1.82, 2.24) is 5.32 Å². The van der Waals surface area contributed by atoms with Gasteiger partial charge in [-0.2, -0.15) is 0 Å². The second-order valence-electron chi connectivity index (χ2n) is 6.88. The van der Waals surface area contributed by atoms with E-state index in [1.807, 2.05) is 0 Å². The Hall–Kier alpha value is -2.11. The highest BCUT2D eigenvalue weighted by Crippen LogP contribution is 2.15. The van der Waals surface area contributed by atoms with E-state index in [9.17, 15) is 14.4 Å². The highest BCUT2D eigenvalue weighted by molar-refractivity contribution is 5.84. The second kappa shape index (κ2) is 11.4. The molecule has 6 heteroatoms. The first-order valence-electron chi connectivity index (χ1n) is 8.49. The SMILES string of the molecule is C=CCCC(=O)O[C@H](C)CNC(=O)C(CC=C)CC(=O)OC(C)(C)C. The van der Waals surface area contributed by atoms with Crippen LogP contribution in [0.3, 0.4) is 0 Å². The quantitative estimate of drug-likeness (QED) is 0.456. The van der Waals surface area contributed by atoms with Gasteiger partial charge in [0.15, 0.2) is 0 Å². The minimum absolute atomic E-state index is 0.0252. The van der Waals surface area contributed by atoms with Gasteiger partial charge in [-0.3, -0.25) is 14.4 Å². The molecule has 0 saturated heterocycles. The molecule has 2 atom stereocenters. The van der Waals surface area contributed by atoms with Crippen molar-refractivity contribution in [1.29, 1.82) is 0 Å². The summed E-state index contributed by atoms with van der Waals surface area (Å²) >= 11 is 0. The third-order valence-corrected chi connectivity index (χ3v) is 3.10. The van der Waals surface area contributed by atoms with Crippen molar-refractivity contribution in [2.45, 2.75) is 65.1 Å². The summed E-state index contributed by atoms with van der Waals surface area (Å²) in [6.07, 6.45) is 3.93. The van der Waals surface area contributed by atoms with Gasteiger partial charge in [0.2, 0.25) is 5.91 Å². The van der Waals surface area contributed by atoms with Crippen LogP contribution in [0.5, 0.6) is 0 Å². The number of carbonyl (C=O) groups is 3. The summed E-state index contributed by atoms with van der Waals surface area (Å²) in [6, 6.07) is 0. The smallest absolute Gasteiger partial charge is 0.307 e. The van der Waals surface area contributed by atoms with Crippen molar-refractivity contribution in [2.75, 3.05) is 6.54 Å². The zero-order chi connectivity index (χ0) is 19.5. The molecule has 0 aliphatic carbocycles. The Morgan fingerprint density at radius 2 is 1.76 bits per heavy atom. The average Bonchev–Trinajstić information content (AvgIpc) is 2.48. The van der Waals surface area contributed by atoms with E-state index in [4.69, 9.17) is 9.47 Å². The Kier molecular flexibility index (Phi) is 10.5. The molecule has 142 valence electrons. The molecule has 0 aromatic rings. The van der Waals surface area contributed by atoms with Gasteiger partial charge in [-0.05, 0) is 40.5 Å². The van der Waals surface area contributed by atoms with Crippen LogP contribution in [-0.4, -0.2) is 36.1 Å². The van der Waals surface area contributed by atoms with E-state index < -0.39 is 23.6 Å². The minimum atomic E-state index is -0.597. The first-order valence-corrected chi connectivity index (χ1v) is 8.49. The summed E-state index contributed by atoms with van der Waals surface area (Å²) < 4.78 is 10.4. The van der Waals surface area contributed by atoms with E-state index >= 15 is 0 Å². The largest absolute Gasteiger partial charge is 0.461 e. The lowest BCUT2D eigenvalue weighted by Gasteiger charge is -2.22. The molecule has 0 rings (SSSR count). The summed E-state index contributed by atoms with van der Waals surface area (Å²) in [4.78, 5) is 35.7. The molecule has 0 aliphatic heterocycles. The number of nitrogens with one attached hydrogen (secondary N) is 1. The van der Waals surface area contributed by atoms with Crippen molar-refractivity contribution in [3.63, 3.8) is 0 Å². The molecule has 0 heterocycles. The lowest BCUT2D eigenvalue weighted by molar-refractivity contribution is -0.157. The van der Waals surface area contributed by atoms with Crippen LogP contribution >= 0.6 is 0 Å². The van der Waals surface area contributed by atoms with Gasteiger partial charge in [0.1, 0.15) is 11.7 Å². The molecule has 0 radical (unpaired) electrons. The van der Waals surface area contributed by atoms with Crippen LogP contribution in [0.4, 0.5) is 0 Å². The number of ether oxygens (including phenoxy) is 2. The van der Waals surface area contributed by atoms with Crippen molar-refractivity contribution in [2.24, 2.45) is 5.92 Å². The first kappa shape index (κ1) is 22.9. The molecular formula is C19H31NO5. The molecule has 1 unspecified atom stereocenters. The van der Waals surface area contributed by atoms with Gasteiger partial charge >= 0.3 is 11.9 Å². The maximum Gasteiger partial charge on any atom is 0.307 e. The Balaban J connectivity index is 4.44. The van der Waals surface area contributed by atoms with Crippen LogP contribution in [0.25, 0.3) is 0 Å². The number of hydrogen-bond donors (Lipinski definition) is 1.